The van der Waals surface area contributed by atoms with Crippen molar-refractivity contribution < 1.29 is 21.0 Å². The highest BCUT2D eigenvalue weighted by Crippen LogP contribution is 2.32. The van der Waals surface area contributed by atoms with Crippen LogP contribution in [-0.2, 0) is 26.4 Å². The molecule has 0 atom stereocenters. The predicted octanol–water partition coefficient (Wildman–Crippen LogP) is 4.13. The fraction of sp³-hybridized carbons (Fsp3) is 0.0909. The molecule has 0 amide bonds. The summed E-state index contributed by atoms with van der Waals surface area (Å²) >= 11 is 0. The van der Waals surface area contributed by atoms with Crippen molar-refractivity contribution in [3.05, 3.63) is 94.4 Å². The van der Waals surface area contributed by atoms with E-state index in [1.165, 1.54) is 36.4 Å². The third kappa shape index (κ3) is 3.83. The zero-order valence-electron chi connectivity index (χ0n) is 15.6. The summed E-state index contributed by atoms with van der Waals surface area (Å²) < 4.78 is 55.7. The van der Waals surface area contributed by atoms with Gasteiger partial charge < -0.3 is 4.18 Å². The van der Waals surface area contributed by atoms with Crippen molar-refractivity contribution in [2.75, 3.05) is 0 Å². The second-order valence-corrected chi connectivity index (χ2v) is 10.4. The molecule has 0 unspecified atom stereocenters. The fourth-order valence-corrected chi connectivity index (χ4v) is 5.48. The summed E-state index contributed by atoms with van der Waals surface area (Å²) in [7, 11) is -7.66. The average molecular weight is 427 g/mol. The highest BCUT2D eigenvalue weighted by Gasteiger charge is 2.26. The maximum atomic E-state index is 12.9. The van der Waals surface area contributed by atoms with E-state index >= 15 is 0 Å². The number of sulfone groups is 1. The molecular formula is C22H18O5S2. The lowest BCUT2D eigenvalue weighted by Gasteiger charge is -2.09. The van der Waals surface area contributed by atoms with E-state index in [0.29, 0.717) is 11.3 Å². The zero-order valence-corrected chi connectivity index (χ0v) is 17.2. The van der Waals surface area contributed by atoms with Gasteiger partial charge in [-0.05, 0) is 60.5 Å². The molecule has 148 valence electrons. The maximum Gasteiger partial charge on any atom is 0.339 e. The number of fused-ring (bicyclic) bond motifs is 1. The molecule has 0 fully saturated rings. The Bertz CT molecular complexity index is 1300. The van der Waals surface area contributed by atoms with Crippen LogP contribution in [0.2, 0.25) is 0 Å². The second kappa shape index (κ2) is 7.17. The molecule has 4 rings (SSSR count). The Kier molecular flexibility index (Phi) is 4.80. The van der Waals surface area contributed by atoms with Crippen molar-refractivity contribution >= 4 is 26.0 Å². The van der Waals surface area contributed by atoms with Crippen LogP contribution in [0.1, 0.15) is 16.7 Å². The predicted molar refractivity (Wildman–Crippen MR) is 111 cm³/mol. The summed E-state index contributed by atoms with van der Waals surface area (Å²) in [5.41, 5.74) is 2.80. The van der Waals surface area contributed by atoms with Gasteiger partial charge in [0.05, 0.1) is 9.80 Å². The van der Waals surface area contributed by atoms with E-state index in [1.54, 1.807) is 18.2 Å². The quantitative estimate of drug-likeness (QED) is 0.573. The van der Waals surface area contributed by atoms with Crippen LogP contribution in [-0.4, -0.2) is 16.8 Å². The van der Waals surface area contributed by atoms with Crippen LogP contribution in [0.15, 0.2) is 87.5 Å². The van der Waals surface area contributed by atoms with E-state index < -0.39 is 20.0 Å². The molecule has 1 aliphatic carbocycles. The van der Waals surface area contributed by atoms with Gasteiger partial charge in [-0.1, -0.05) is 42.0 Å². The van der Waals surface area contributed by atoms with Gasteiger partial charge in [-0.25, -0.2) is 8.42 Å². The Morgan fingerprint density at radius 3 is 2.03 bits per heavy atom. The molecule has 7 heteroatoms. The number of benzene rings is 3. The Labute approximate surface area is 170 Å². The summed E-state index contributed by atoms with van der Waals surface area (Å²) in [6, 6.07) is 19.2. The molecule has 0 bridgehead atoms. The van der Waals surface area contributed by atoms with Gasteiger partial charge in [-0.2, -0.15) is 8.42 Å². The molecule has 5 nitrogen and oxygen atoms in total. The van der Waals surface area contributed by atoms with Crippen LogP contribution in [0.25, 0.3) is 6.08 Å². The first-order valence-corrected chi connectivity index (χ1v) is 11.8. The lowest BCUT2D eigenvalue weighted by molar-refractivity contribution is 0.486. The molecule has 0 aliphatic heterocycles. The van der Waals surface area contributed by atoms with E-state index in [4.69, 9.17) is 4.18 Å². The van der Waals surface area contributed by atoms with Crippen molar-refractivity contribution in [1.82, 2.24) is 0 Å². The first-order chi connectivity index (χ1) is 13.8. The molecule has 3 aromatic carbocycles. The van der Waals surface area contributed by atoms with Gasteiger partial charge in [0.15, 0.2) is 0 Å². The maximum absolute atomic E-state index is 12.9. The molecule has 0 N–H and O–H groups in total. The van der Waals surface area contributed by atoms with Gasteiger partial charge in [0, 0.05) is 6.42 Å². The first-order valence-electron chi connectivity index (χ1n) is 8.90. The largest absolute Gasteiger partial charge is 0.379 e. The van der Waals surface area contributed by atoms with Crippen LogP contribution in [0, 0.1) is 6.92 Å². The van der Waals surface area contributed by atoms with Gasteiger partial charge in [0.2, 0.25) is 9.84 Å². The molecule has 0 saturated carbocycles. The average Bonchev–Trinajstić information content (AvgIpc) is 3.14. The number of allylic oxidation sites excluding steroid dienone is 1. The molecule has 3 aromatic rings. The number of hydrogen-bond donors (Lipinski definition) is 0. The summed E-state index contributed by atoms with van der Waals surface area (Å²) in [6.07, 6.45) is 2.02. The Balaban J connectivity index is 1.56. The monoisotopic (exact) mass is 426 g/mol. The SMILES string of the molecule is Cc1ccc(S(=O)(=O)Oc2ccc(S(=O)(=O)C3=Cc4ccccc4C3)cc2)cc1. The highest BCUT2D eigenvalue weighted by atomic mass is 32.2. The minimum Gasteiger partial charge on any atom is -0.379 e. The van der Waals surface area contributed by atoms with Crippen LogP contribution >= 0.6 is 0 Å². The standard InChI is InChI=1S/C22H18O5S2/c1-16-6-10-21(11-7-16)29(25,26)27-19-8-12-20(13-9-19)28(23,24)22-14-17-4-2-3-5-18(17)15-22/h2-14H,15H2,1H3. The second-order valence-electron chi connectivity index (χ2n) is 6.81. The third-order valence-electron chi connectivity index (χ3n) is 4.73. The summed E-state index contributed by atoms with van der Waals surface area (Å²) in [6.45, 7) is 1.86. The highest BCUT2D eigenvalue weighted by molar-refractivity contribution is 7.95. The topological polar surface area (TPSA) is 77.5 Å². The van der Waals surface area contributed by atoms with Gasteiger partial charge in [0.25, 0.3) is 0 Å². The minimum atomic E-state index is -3.99. The molecule has 0 heterocycles. The van der Waals surface area contributed by atoms with E-state index in [-0.39, 0.29) is 15.5 Å². The molecule has 0 spiro atoms. The summed E-state index contributed by atoms with van der Waals surface area (Å²) in [5, 5.41) is 0. The number of rotatable bonds is 5. The van der Waals surface area contributed by atoms with Crippen LogP contribution in [0.3, 0.4) is 0 Å². The minimum absolute atomic E-state index is 0.0358. The molecule has 0 aromatic heterocycles. The molecule has 0 saturated heterocycles. The molecule has 0 radical (unpaired) electrons. The number of hydrogen-bond acceptors (Lipinski definition) is 5. The van der Waals surface area contributed by atoms with Gasteiger partial charge in [-0.3, -0.25) is 0 Å². The van der Waals surface area contributed by atoms with E-state index in [1.807, 2.05) is 31.2 Å². The van der Waals surface area contributed by atoms with Gasteiger partial charge in [0.1, 0.15) is 10.6 Å². The Hall–Kier alpha value is -2.90. The van der Waals surface area contributed by atoms with E-state index in [0.717, 1.165) is 16.7 Å². The Morgan fingerprint density at radius 2 is 1.38 bits per heavy atom. The molecule has 29 heavy (non-hydrogen) atoms. The Morgan fingerprint density at radius 1 is 0.759 bits per heavy atom. The lowest BCUT2D eigenvalue weighted by atomic mass is 10.1. The van der Waals surface area contributed by atoms with Crippen molar-refractivity contribution in [2.24, 2.45) is 0 Å². The van der Waals surface area contributed by atoms with Crippen molar-refractivity contribution in [1.29, 1.82) is 0 Å². The van der Waals surface area contributed by atoms with Crippen molar-refractivity contribution in [3.63, 3.8) is 0 Å². The van der Waals surface area contributed by atoms with Crippen molar-refractivity contribution in [2.45, 2.75) is 23.1 Å². The van der Waals surface area contributed by atoms with E-state index in [2.05, 4.69) is 0 Å². The lowest BCUT2D eigenvalue weighted by Crippen LogP contribution is -2.10. The zero-order chi connectivity index (χ0) is 20.6. The smallest absolute Gasteiger partial charge is 0.339 e. The van der Waals surface area contributed by atoms with Crippen LogP contribution in [0.4, 0.5) is 0 Å². The van der Waals surface area contributed by atoms with Crippen LogP contribution < -0.4 is 4.18 Å². The first kappa shape index (κ1) is 19.4. The van der Waals surface area contributed by atoms with Crippen molar-refractivity contribution in [3.8, 4) is 5.75 Å². The van der Waals surface area contributed by atoms with Gasteiger partial charge in [-0.15, -0.1) is 0 Å². The third-order valence-corrected chi connectivity index (χ3v) is 7.84. The fourth-order valence-electron chi connectivity index (χ4n) is 3.13. The number of aryl methyl sites for hydroxylation is 1. The summed E-state index contributed by atoms with van der Waals surface area (Å²) in [4.78, 5) is 0.449. The van der Waals surface area contributed by atoms with Gasteiger partial charge >= 0.3 is 10.1 Å². The molecule has 1 aliphatic rings. The van der Waals surface area contributed by atoms with Crippen LogP contribution in [0.5, 0.6) is 5.75 Å². The summed E-state index contributed by atoms with van der Waals surface area (Å²) in [5.74, 6) is 0.0493. The molecular weight excluding hydrogens is 408 g/mol. The van der Waals surface area contributed by atoms with E-state index in [9.17, 15) is 16.8 Å². The normalized spacial score (nSPS) is 13.6.